The molecule has 0 saturated carbocycles. The number of carbonyl (C=O) groups excluding carboxylic acids is 1. The van der Waals surface area contributed by atoms with Crippen molar-refractivity contribution >= 4 is 23.6 Å². The molecule has 1 aliphatic rings. The molecule has 0 spiro atoms. The fraction of sp³-hybridized carbons (Fsp3) is 0.185. The zero-order chi connectivity index (χ0) is 24.6. The van der Waals surface area contributed by atoms with Crippen LogP contribution in [0.4, 0.5) is 0 Å². The zero-order valence-corrected chi connectivity index (χ0v) is 19.8. The lowest BCUT2D eigenvalue weighted by Crippen LogP contribution is -2.23. The van der Waals surface area contributed by atoms with Crippen LogP contribution in [0.15, 0.2) is 66.2 Å². The Morgan fingerprint density at radius 1 is 1.03 bits per heavy atom. The second-order valence-corrected chi connectivity index (χ2v) is 8.03. The molecular formula is C27H23ClN2O5. The number of amides is 1. The van der Waals surface area contributed by atoms with Crippen molar-refractivity contribution in [3.63, 3.8) is 0 Å². The van der Waals surface area contributed by atoms with E-state index in [2.05, 4.69) is 5.32 Å². The van der Waals surface area contributed by atoms with Crippen molar-refractivity contribution in [1.29, 1.82) is 5.26 Å². The van der Waals surface area contributed by atoms with Gasteiger partial charge in [0.15, 0.2) is 23.0 Å². The Morgan fingerprint density at radius 2 is 1.80 bits per heavy atom. The highest BCUT2D eigenvalue weighted by molar-refractivity contribution is 6.30. The van der Waals surface area contributed by atoms with Crippen LogP contribution >= 0.6 is 11.6 Å². The summed E-state index contributed by atoms with van der Waals surface area (Å²) >= 11 is 5.93. The van der Waals surface area contributed by atoms with Crippen molar-refractivity contribution in [3.8, 4) is 29.1 Å². The van der Waals surface area contributed by atoms with Gasteiger partial charge in [0.1, 0.15) is 18.2 Å². The average molecular weight is 491 g/mol. The van der Waals surface area contributed by atoms with Crippen LogP contribution in [0.3, 0.4) is 0 Å². The lowest BCUT2D eigenvalue weighted by Gasteiger charge is -2.13. The summed E-state index contributed by atoms with van der Waals surface area (Å²) < 4.78 is 22.3. The average Bonchev–Trinajstić information content (AvgIpc) is 3.34. The van der Waals surface area contributed by atoms with Gasteiger partial charge in [-0.1, -0.05) is 35.9 Å². The number of hydrogen-bond acceptors (Lipinski definition) is 6. The lowest BCUT2D eigenvalue weighted by atomic mass is 10.1. The molecule has 0 fully saturated rings. The molecule has 178 valence electrons. The highest BCUT2D eigenvalue weighted by Gasteiger charge is 2.15. The molecule has 0 radical (unpaired) electrons. The zero-order valence-electron chi connectivity index (χ0n) is 19.0. The maximum Gasteiger partial charge on any atom is 0.262 e. The first-order valence-corrected chi connectivity index (χ1v) is 11.4. The molecule has 1 amide bonds. The van der Waals surface area contributed by atoms with Crippen molar-refractivity contribution in [2.45, 2.75) is 20.1 Å². The third kappa shape index (κ3) is 6.25. The van der Waals surface area contributed by atoms with Gasteiger partial charge in [-0.2, -0.15) is 5.26 Å². The van der Waals surface area contributed by atoms with Crippen LogP contribution in [0.1, 0.15) is 23.6 Å². The van der Waals surface area contributed by atoms with Gasteiger partial charge in [0.25, 0.3) is 5.91 Å². The van der Waals surface area contributed by atoms with Crippen LogP contribution in [-0.4, -0.2) is 19.3 Å². The standard InChI is InChI=1S/C27H23ClN2O5/c1-2-32-25-12-19(5-9-23(25)33-16-18-3-7-22(28)8-4-18)11-21(14-29)27(31)30-15-20-6-10-24-26(13-20)35-17-34-24/h3-13H,2,15-17H2,1H3,(H,30,31). The highest BCUT2D eigenvalue weighted by Crippen LogP contribution is 2.33. The summed E-state index contributed by atoms with van der Waals surface area (Å²) in [6.45, 7) is 3.08. The van der Waals surface area contributed by atoms with Crippen LogP contribution in [0.25, 0.3) is 6.08 Å². The maximum absolute atomic E-state index is 12.6. The van der Waals surface area contributed by atoms with Crippen molar-refractivity contribution in [2.75, 3.05) is 13.4 Å². The van der Waals surface area contributed by atoms with Gasteiger partial charge in [-0.3, -0.25) is 4.79 Å². The molecule has 1 heterocycles. The summed E-state index contributed by atoms with van der Waals surface area (Å²) in [5.41, 5.74) is 2.41. The number of benzene rings is 3. The van der Waals surface area contributed by atoms with Gasteiger partial charge in [0, 0.05) is 11.6 Å². The fourth-order valence-corrected chi connectivity index (χ4v) is 3.51. The monoisotopic (exact) mass is 490 g/mol. The van der Waals surface area contributed by atoms with Crippen LogP contribution in [0.2, 0.25) is 5.02 Å². The van der Waals surface area contributed by atoms with E-state index in [0.29, 0.717) is 46.8 Å². The highest BCUT2D eigenvalue weighted by atomic mass is 35.5. The topological polar surface area (TPSA) is 89.8 Å². The molecule has 3 aromatic carbocycles. The van der Waals surface area contributed by atoms with Crippen LogP contribution < -0.4 is 24.3 Å². The predicted octanol–water partition coefficient (Wildman–Crippen LogP) is 5.27. The number of carbonyl (C=O) groups is 1. The summed E-state index contributed by atoms with van der Waals surface area (Å²) in [6.07, 6.45) is 1.51. The van der Waals surface area contributed by atoms with E-state index < -0.39 is 5.91 Å². The maximum atomic E-state index is 12.6. The van der Waals surface area contributed by atoms with E-state index in [9.17, 15) is 10.1 Å². The van der Waals surface area contributed by atoms with E-state index in [1.165, 1.54) is 6.08 Å². The number of nitriles is 1. The quantitative estimate of drug-likeness (QED) is 0.324. The SMILES string of the molecule is CCOc1cc(C=C(C#N)C(=O)NCc2ccc3c(c2)OCO3)ccc1OCc1ccc(Cl)cc1. The van der Waals surface area contributed by atoms with Crippen LogP contribution in [0, 0.1) is 11.3 Å². The molecule has 1 aliphatic heterocycles. The smallest absolute Gasteiger partial charge is 0.262 e. The third-order valence-electron chi connectivity index (χ3n) is 5.14. The number of halogens is 1. The van der Waals surface area contributed by atoms with Gasteiger partial charge >= 0.3 is 0 Å². The third-order valence-corrected chi connectivity index (χ3v) is 5.39. The van der Waals surface area contributed by atoms with E-state index in [4.69, 9.17) is 30.5 Å². The van der Waals surface area contributed by atoms with Gasteiger partial charge in [-0.25, -0.2) is 0 Å². The number of hydrogen-bond donors (Lipinski definition) is 1. The Bertz CT molecular complexity index is 1280. The van der Waals surface area contributed by atoms with Gasteiger partial charge in [-0.05, 0) is 66.1 Å². The first-order valence-electron chi connectivity index (χ1n) is 11.0. The van der Waals surface area contributed by atoms with E-state index in [-0.39, 0.29) is 18.9 Å². The lowest BCUT2D eigenvalue weighted by molar-refractivity contribution is -0.117. The number of ether oxygens (including phenoxy) is 4. The Kier molecular flexibility index (Phi) is 7.76. The Balaban J connectivity index is 1.43. The van der Waals surface area contributed by atoms with Gasteiger partial charge in [-0.15, -0.1) is 0 Å². The molecule has 7 nitrogen and oxygen atoms in total. The molecule has 1 N–H and O–H groups in total. The normalized spacial score (nSPS) is 12.1. The molecule has 0 aromatic heterocycles. The largest absolute Gasteiger partial charge is 0.490 e. The second-order valence-electron chi connectivity index (χ2n) is 7.59. The molecule has 0 aliphatic carbocycles. The van der Waals surface area contributed by atoms with Crippen LogP contribution in [-0.2, 0) is 17.9 Å². The molecule has 35 heavy (non-hydrogen) atoms. The van der Waals surface area contributed by atoms with E-state index in [1.807, 2.05) is 31.2 Å². The summed E-state index contributed by atoms with van der Waals surface area (Å²) in [4.78, 5) is 12.6. The Hall–Kier alpha value is -4.15. The van der Waals surface area contributed by atoms with Crippen LogP contribution in [0.5, 0.6) is 23.0 Å². The first kappa shape index (κ1) is 24.0. The molecule has 0 bridgehead atoms. The first-order chi connectivity index (χ1) is 17.1. The van der Waals surface area contributed by atoms with Gasteiger partial charge in [0.05, 0.1) is 6.61 Å². The van der Waals surface area contributed by atoms with Gasteiger partial charge in [0.2, 0.25) is 6.79 Å². The molecule has 4 rings (SSSR count). The Morgan fingerprint density at radius 3 is 2.57 bits per heavy atom. The van der Waals surface area contributed by atoms with Crippen molar-refractivity contribution in [1.82, 2.24) is 5.32 Å². The number of nitrogens with zero attached hydrogens (tertiary/aromatic N) is 1. The van der Waals surface area contributed by atoms with E-state index >= 15 is 0 Å². The summed E-state index contributed by atoms with van der Waals surface area (Å²) in [7, 11) is 0. The minimum atomic E-state index is -0.480. The second kappa shape index (κ2) is 11.3. The molecule has 3 aromatic rings. The van der Waals surface area contributed by atoms with E-state index in [1.54, 1.807) is 42.5 Å². The Labute approximate surface area is 208 Å². The van der Waals surface area contributed by atoms with Gasteiger partial charge < -0.3 is 24.3 Å². The van der Waals surface area contributed by atoms with E-state index in [0.717, 1.165) is 11.1 Å². The number of nitrogens with one attached hydrogen (secondary N) is 1. The molecule has 0 saturated heterocycles. The fourth-order valence-electron chi connectivity index (χ4n) is 3.39. The minimum Gasteiger partial charge on any atom is -0.490 e. The number of fused-ring (bicyclic) bond motifs is 1. The van der Waals surface area contributed by atoms with Crippen molar-refractivity contribution in [2.24, 2.45) is 0 Å². The van der Waals surface area contributed by atoms with Crippen molar-refractivity contribution < 1.29 is 23.7 Å². The molecular weight excluding hydrogens is 468 g/mol. The molecule has 0 unspecified atom stereocenters. The summed E-state index contributed by atoms with van der Waals surface area (Å²) in [6, 6.07) is 20.0. The predicted molar refractivity (Wildman–Crippen MR) is 131 cm³/mol. The minimum absolute atomic E-state index is 0.0250. The molecule has 0 atom stereocenters. The van der Waals surface area contributed by atoms with Crippen molar-refractivity contribution in [3.05, 3.63) is 87.9 Å². The summed E-state index contributed by atoms with van der Waals surface area (Å²) in [5, 5.41) is 13.0. The summed E-state index contributed by atoms with van der Waals surface area (Å²) in [5.74, 6) is 1.90. The number of rotatable bonds is 9. The molecule has 8 heteroatoms.